The summed E-state index contributed by atoms with van der Waals surface area (Å²) in [6.45, 7) is 1.93. The minimum Gasteiger partial charge on any atom is -1.00 e. The molecule has 0 aliphatic carbocycles. The van der Waals surface area contributed by atoms with E-state index in [-0.39, 0.29) is 185 Å². The van der Waals surface area contributed by atoms with Crippen LogP contribution in [0.1, 0.15) is 79.5 Å². The van der Waals surface area contributed by atoms with Gasteiger partial charge in [0.1, 0.15) is 20.5 Å². The standard InChI is InChI=1S/C10H16N2O3S.C9H11NO5S.C9H11NO3S.C8H8ClNO3.C8H9NO5S.C7H5Cl2NO2.CH3F.2CH4O.CH4S.ClH.3Na.H2O.H/c1-4-8(11)7-5-9(15-2)12-10(6-7)16(3,13)14;1-14-7-4-6(9(11)15-2)5-8(10-7)16(3,12)13;1-12-7-4-6(9(11)13-2)5-8(10-7)14-3;1-12-7-4-5(8(11)13-2)3-6(9)10-7;1-14-6-3-5(8(10)11)4-7(9-6)15(2,12)13;1-12-7(11)4-2-5(8)10-6(9)3-4;4*1-2;;;;;;/h5-6,8H,4,11H2,1-3H3;4-5H,1-3H3;4-5H,1-3H3;3-4H,1-2H3;3-4H,1-2H3,(H,10,11);2-3H,1H3;1H3;3*2H,1H3;1H;;;;1H2;/q;;;;;;;;;;;3*+1;;-1/p-2/t8-;;;;;;;;;;;;;;;/m0.............../s1/i;;;;;;1D;;;;;;;;;. The van der Waals surface area contributed by atoms with Crippen molar-refractivity contribution in [2.75, 3.05) is 117 Å². The molecule has 1 atom stereocenters. The molecule has 6 aromatic rings. The number of pyridine rings is 6. The second kappa shape index (κ2) is 61.2. The number of carbonyl (C=O) groups is 5. The van der Waals surface area contributed by atoms with Crippen molar-refractivity contribution < 1.29 is 209 Å². The molecule has 0 aliphatic heterocycles. The molecule has 0 spiro atoms. The molecule has 0 saturated carbocycles. The zero-order chi connectivity index (χ0) is 74.6. The van der Waals surface area contributed by atoms with Crippen molar-refractivity contribution in [3.63, 3.8) is 0 Å². The van der Waals surface area contributed by atoms with E-state index in [1.807, 2.05) is 13.2 Å². The van der Waals surface area contributed by atoms with Crippen molar-refractivity contribution in [2.45, 2.75) is 39.5 Å². The van der Waals surface area contributed by atoms with E-state index in [2.05, 4.69) is 61.5 Å². The molecule has 544 valence electrons. The van der Waals surface area contributed by atoms with E-state index in [1.165, 1.54) is 112 Å². The number of ether oxygens (including phenoxy) is 9. The maximum absolute atomic E-state index is 11.4. The molecular weight excluding hydrogens is 1530 g/mol. The summed E-state index contributed by atoms with van der Waals surface area (Å²) < 4.78 is 126. The Bertz CT molecular complexity index is 3720. The van der Waals surface area contributed by atoms with E-state index in [1.54, 1.807) is 24.5 Å². The Hall–Kier alpha value is -4.27. The van der Waals surface area contributed by atoms with E-state index in [0.29, 0.717) is 22.6 Å². The largest absolute Gasteiger partial charge is 1.00 e. The zero-order valence-corrected chi connectivity index (χ0v) is 70.8. The third kappa shape index (κ3) is 45.4. The van der Waals surface area contributed by atoms with Crippen LogP contribution >= 0.6 is 59.0 Å². The third-order valence-corrected chi connectivity index (χ3v) is 14.0. The van der Waals surface area contributed by atoms with Crippen LogP contribution in [-0.2, 0) is 61.1 Å². The molecule has 0 unspecified atom stereocenters. The number of hydrogen-bond acceptors (Lipinski definition) is 32. The predicted octanol–water partition coefficient (Wildman–Crippen LogP) is -1.99. The smallest absolute Gasteiger partial charge is 1.00 e. The summed E-state index contributed by atoms with van der Waals surface area (Å²) in [5.74, 6) is -2.26. The van der Waals surface area contributed by atoms with Crippen LogP contribution in [0.15, 0.2) is 92.9 Å². The number of aromatic nitrogens is 6. The number of halogens is 5. The van der Waals surface area contributed by atoms with Gasteiger partial charge in [-0.3, -0.25) is 4.39 Å². The number of aliphatic hydroxyl groups excluding tert-OH is 2. The van der Waals surface area contributed by atoms with Gasteiger partial charge in [0.05, 0.1) is 100 Å². The van der Waals surface area contributed by atoms with Gasteiger partial charge >= 0.3 is 119 Å². The van der Waals surface area contributed by atoms with Crippen LogP contribution in [0.4, 0.5) is 4.39 Å². The number of methoxy groups -OCH3 is 9. The van der Waals surface area contributed by atoms with Crippen LogP contribution in [0.5, 0.6) is 29.4 Å². The van der Waals surface area contributed by atoms with Gasteiger partial charge in [0.15, 0.2) is 44.6 Å². The molecule has 6 aromatic heterocycles. The SMILES string of the molecule is CC[C@H](N)c1cc(OC)nc(S(C)(=O)=O)c1.CO.CO.COC(=O)c1cc(Cl)nc(Cl)c1.COC(=O)c1cc(Cl)nc(OC)c1.COC(=O)c1cc(OC)nc(S(C)(=O)=O)c1.COC(=O)c1cc(OC)nc(SC)c1.COc1cc(C(=O)O)cc(S(C)(=O)=O)n1.C[S-].Cl.[2H]CF.[H-].[Na+].[Na+].[Na+].[OH-]. The van der Waals surface area contributed by atoms with Gasteiger partial charge in [-0.2, -0.15) is 6.26 Å². The summed E-state index contributed by atoms with van der Waals surface area (Å²) in [5.41, 5.74) is 7.53. The monoisotopic (exact) mass is 1610 g/mol. The van der Waals surface area contributed by atoms with Crippen molar-refractivity contribution >= 4 is 131 Å². The van der Waals surface area contributed by atoms with Crippen molar-refractivity contribution in [1.29, 1.82) is 0 Å². The molecule has 0 aliphatic rings. The Morgan fingerprint density at radius 1 is 0.515 bits per heavy atom. The Labute approximate surface area is 675 Å². The molecule has 0 fully saturated rings. The molecular formula is C55H77Cl4FN7Na3O24S5. The van der Waals surface area contributed by atoms with Gasteiger partial charge in [-0.25, -0.2) is 79.1 Å². The first-order valence-electron chi connectivity index (χ1n) is 25.6. The second-order valence-corrected chi connectivity index (χ2v) is 23.9. The van der Waals surface area contributed by atoms with Crippen LogP contribution in [0.2, 0.25) is 15.5 Å². The number of carbonyl (C=O) groups excluding carboxylic acids is 4. The number of nitrogens with zero attached hydrogens (tertiary/aromatic N) is 6. The van der Waals surface area contributed by atoms with E-state index in [9.17, 15) is 53.6 Å². The topological polar surface area (TPSA) is 465 Å². The molecule has 0 amide bonds. The van der Waals surface area contributed by atoms with E-state index >= 15 is 0 Å². The number of esters is 4. The Balaban J connectivity index is -0.000000119. The molecule has 0 aromatic carbocycles. The van der Waals surface area contributed by atoms with Gasteiger partial charge in [-0.15, -0.1) is 24.2 Å². The molecule has 6 heterocycles. The fourth-order valence-electron chi connectivity index (χ4n) is 5.59. The molecule has 6 N–H and O–H groups in total. The van der Waals surface area contributed by atoms with Crippen molar-refractivity contribution in [3.8, 4) is 29.4 Å². The van der Waals surface area contributed by atoms with Gasteiger partial charge in [-0.05, 0) is 60.7 Å². The van der Waals surface area contributed by atoms with Gasteiger partial charge in [-0.1, -0.05) is 41.7 Å². The van der Waals surface area contributed by atoms with E-state index in [4.69, 9.17) is 80.9 Å². The van der Waals surface area contributed by atoms with Crippen LogP contribution < -0.4 is 118 Å². The minimum atomic E-state index is -3.55. The summed E-state index contributed by atoms with van der Waals surface area (Å²) in [6, 6.07) is 16.4. The number of aromatic carboxylic acids is 1. The van der Waals surface area contributed by atoms with Crippen LogP contribution in [-0.4, -0.2) is 222 Å². The van der Waals surface area contributed by atoms with E-state index in [0.717, 1.165) is 68.2 Å². The maximum atomic E-state index is 11.4. The molecule has 6 rings (SSSR count). The molecule has 31 nitrogen and oxygen atoms in total. The number of alkyl halides is 1. The number of thioether (sulfide) groups is 1. The summed E-state index contributed by atoms with van der Waals surface area (Å²) >= 11 is 22.3. The average Bonchev–Trinajstić information content (AvgIpc) is 0.844. The second-order valence-electron chi connectivity index (χ2n) is 16.0. The number of nitrogens with two attached hydrogens (primary N) is 1. The molecule has 0 radical (unpaired) electrons. The quantitative estimate of drug-likeness (QED) is 0.0204. The number of sulfone groups is 3. The number of hydrogen-bond donors (Lipinski definition) is 4. The van der Waals surface area contributed by atoms with Gasteiger partial charge in [0.2, 0.25) is 29.4 Å². The summed E-state index contributed by atoms with van der Waals surface area (Å²) in [7, 11) is 2.73. The molecule has 44 heteroatoms. The van der Waals surface area contributed by atoms with Crippen LogP contribution in [0, 0.1) is 0 Å². The average molecular weight is 1610 g/mol. The zero-order valence-electron chi connectivity index (χ0n) is 59.6. The van der Waals surface area contributed by atoms with Crippen molar-refractivity contribution in [3.05, 3.63) is 122 Å². The Morgan fingerprint density at radius 3 is 1.06 bits per heavy atom. The van der Waals surface area contributed by atoms with Gasteiger partial charge in [0, 0.05) is 69.4 Å². The molecule has 0 bridgehead atoms. The van der Waals surface area contributed by atoms with Crippen LogP contribution in [0.25, 0.3) is 0 Å². The predicted molar refractivity (Wildman–Crippen MR) is 361 cm³/mol. The molecule has 99 heavy (non-hydrogen) atoms. The van der Waals surface area contributed by atoms with Crippen molar-refractivity contribution in [2.24, 2.45) is 5.73 Å². The first-order chi connectivity index (χ1) is 44.5. The first-order valence-corrected chi connectivity index (χ1v) is 33.8. The Kier molecular flexibility index (Phi) is 68.4. The van der Waals surface area contributed by atoms with E-state index < -0.39 is 60.5 Å². The number of carboxylic acid groups (broad SMARTS) is 1. The number of aliphatic hydroxyl groups is 2. The van der Waals surface area contributed by atoms with Crippen molar-refractivity contribution in [1.82, 2.24) is 29.9 Å². The molecule has 0 saturated heterocycles. The minimum absolute atomic E-state index is 0. The van der Waals surface area contributed by atoms with Crippen LogP contribution in [0.3, 0.4) is 0 Å². The Morgan fingerprint density at radius 2 is 0.768 bits per heavy atom. The third-order valence-electron chi connectivity index (χ3n) is 9.86. The van der Waals surface area contributed by atoms with Gasteiger partial charge < -0.3 is 83.2 Å². The number of rotatable bonds is 16. The first kappa shape index (κ1) is 111. The summed E-state index contributed by atoms with van der Waals surface area (Å²) in [5, 5.41) is 23.4. The summed E-state index contributed by atoms with van der Waals surface area (Å²) in [6.07, 6.45) is 7.23. The fraction of sp³-hybridized carbons (Fsp3) is 0.364. The normalized spacial score (nSPS) is 9.77. The fourth-order valence-corrected chi connectivity index (χ4v) is 8.48. The maximum Gasteiger partial charge on any atom is 1.00 e. The van der Waals surface area contributed by atoms with Gasteiger partial charge in [0.25, 0.3) is 0 Å². The summed E-state index contributed by atoms with van der Waals surface area (Å²) in [4.78, 5) is 78.0. The number of carboxylic acids is 1.